The van der Waals surface area contributed by atoms with Crippen molar-refractivity contribution in [3.05, 3.63) is 60.2 Å². The Morgan fingerprint density at radius 2 is 1.25 bits per heavy atom. The van der Waals surface area contributed by atoms with E-state index in [1.54, 1.807) is 62.9 Å². The number of aromatic nitrogens is 2. The minimum Gasteiger partial charge on any atom is -0.374 e. The summed E-state index contributed by atoms with van der Waals surface area (Å²) in [4.78, 5) is 7.91. The first-order valence-electron chi connectivity index (χ1n) is 6.22. The van der Waals surface area contributed by atoms with Crippen LogP contribution < -0.4 is 0 Å². The second-order valence-corrected chi connectivity index (χ2v) is 4.88. The molecule has 0 saturated heterocycles. The zero-order valence-corrected chi connectivity index (χ0v) is 11.4. The van der Waals surface area contributed by atoms with Gasteiger partial charge in [0.1, 0.15) is 11.2 Å². The Kier molecular flexibility index (Phi) is 3.84. The molecule has 2 atom stereocenters. The average Bonchev–Trinajstić information content (AvgIpc) is 2.47. The van der Waals surface area contributed by atoms with E-state index in [4.69, 9.17) is 0 Å². The van der Waals surface area contributed by atoms with E-state index in [0.717, 1.165) is 0 Å². The van der Waals surface area contributed by atoms with Crippen LogP contribution in [0.1, 0.15) is 25.0 Å². The summed E-state index contributed by atoms with van der Waals surface area (Å²) < 4.78 is 0. The molecule has 0 saturated carbocycles. The molecule has 0 amide bonds. The van der Waals surface area contributed by atoms with Crippen LogP contribution in [0.3, 0.4) is 0 Å². The molecule has 4 heteroatoms. The normalized spacial score (nSPS) is 16.4. The van der Waals surface area contributed by atoms with Crippen LogP contribution in [0.25, 0.3) is 0 Å². The molecule has 4 nitrogen and oxygen atoms in total. The Morgan fingerprint density at radius 3 is 1.55 bits per heavy atom. The third kappa shape index (κ3) is 3.21. The van der Waals surface area contributed by atoms with Crippen molar-refractivity contribution in [1.29, 1.82) is 0 Å². The molecular weight excluding hydrogens is 252 g/mol. The predicted molar refractivity (Wildman–Crippen MR) is 75.4 cm³/mol. The summed E-state index contributed by atoms with van der Waals surface area (Å²) in [6.45, 7) is 3.13. The van der Waals surface area contributed by atoms with Gasteiger partial charge in [-0.25, -0.2) is 0 Å². The molecule has 0 unspecified atom stereocenters. The van der Waals surface area contributed by atoms with Gasteiger partial charge in [0.05, 0.1) is 0 Å². The molecule has 0 fully saturated rings. The lowest BCUT2D eigenvalue weighted by molar-refractivity contribution is 0.109. The fourth-order valence-electron chi connectivity index (χ4n) is 1.69. The summed E-state index contributed by atoms with van der Waals surface area (Å²) in [5, 5.41) is 20.7. The zero-order valence-electron chi connectivity index (χ0n) is 11.4. The molecular formula is C16H16N2O2. The van der Waals surface area contributed by atoms with Crippen molar-refractivity contribution < 1.29 is 10.2 Å². The average molecular weight is 268 g/mol. The van der Waals surface area contributed by atoms with Gasteiger partial charge in [0, 0.05) is 35.9 Å². The van der Waals surface area contributed by atoms with Crippen LogP contribution in [0.2, 0.25) is 0 Å². The summed E-state index contributed by atoms with van der Waals surface area (Å²) >= 11 is 0. The molecule has 0 spiro atoms. The highest BCUT2D eigenvalue weighted by Gasteiger charge is 2.24. The van der Waals surface area contributed by atoms with Crippen molar-refractivity contribution in [3.8, 4) is 11.8 Å². The maximum Gasteiger partial charge on any atom is 0.149 e. The van der Waals surface area contributed by atoms with E-state index >= 15 is 0 Å². The van der Waals surface area contributed by atoms with Gasteiger partial charge in [0.2, 0.25) is 0 Å². The van der Waals surface area contributed by atoms with Gasteiger partial charge in [-0.3, -0.25) is 9.97 Å². The summed E-state index contributed by atoms with van der Waals surface area (Å²) in [6, 6.07) is 6.93. The lowest BCUT2D eigenvalue weighted by Crippen LogP contribution is -2.23. The fraction of sp³-hybridized carbons (Fsp3) is 0.250. The van der Waals surface area contributed by atoms with E-state index in [2.05, 4.69) is 21.8 Å². The lowest BCUT2D eigenvalue weighted by Gasteiger charge is -2.20. The van der Waals surface area contributed by atoms with Gasteiger partial charge >= 0.3 is 0 Å². The first-order chi connectivity index (χ1) is 9.42. The van der Waals surface area contributed by atoms with Gasteiger partial charge in [0.15, 0.2) is 0 Å². The van der Waals surface area contributed by atoms with Gasteiger partial charge in [0.25, 0.3) is 0 Å². The lowest BCUT2D eigenvalue weighted by atomic mass is 9.94. The second kappa shape index (κ2) is 5.41. The number of hydrogen-bond acceptors (Lipinski definition) is 4. The smallest absolute Gasteiger partial charge is 0.149 e. The van der Waals surface area contributed by atoms with Gasteiger partial charge in [-0.1, -0.05) is 24.0 Å². The van der Waals surface area contributed by atoms with E-state index < -0.39 is 11.2 Å². The standard InChI is InChI=1S/C16H16N2O2/c1-15(19,13-5-3-9-17-11-13)7-8-16(2,20)14-6-4-10-18-12-14/h3-6,9-12,19-20H,1-2H3/t15-,16-/m1/s1. The summed E-state index contributed by atoms with van der Waals surface area (Å²) in [5.41, 5.74) is -1.59. The van der Waals surface area contributed by atoms with Gasteiger partial charge in [-0.15, -0.1) is 0 Å². The number of pyridine rings is 2. The predicted octanol–water partition coefficient (Wildman–Crippen LogP) is 1.60. The maximum absolute atomic E-state index is 10.4. The minimum absolute atomic E-state index is 0.578. The SMILES string of the molecule is C[C@@](O)(C#C[C@@](C)(O)c1cccnc1)c1cccnc1. The van der Waals surface area contributed by atoms with Crippen molar-refractivity contribution in [1.82, 2.24) is 9.97 Å². The largest absolute Gasteiger partial charge is 0.374 e. The summed E-state index contributed by atoms with van der Waals surface area (Å²) in [7, 11) is 0. The molecule has 0 aromatic carbocycles. The van der Waals surface area contributed by atoms with Crippen molar-refractivity contribution in [2.75, 3.05) is 0 Å². The Hall–Kier alpha value is -2.22. The van der Waals surface area contributed by atoms with Gasteiger partial charge < -0.3 is 10.2 Å². The summed E-state index contributed by atoms with van der Waals surface area (Å²) in [5.74, 6) is 5.40. The number of nitrogens with zero attached hydrogens (tertiary/aromatic N) is 2. The molecule has 102 valence electrons. The zero-order chi connectivity index (χ0) is 14.6. The molecule has 2 heterocycles. The van der Waals surface area contributed by atoms with Crippen LogP contribution in [-0.2, 0) is 11.2 Å². The second-order valence-electron chi connectivity index (χ2n) is 4.88. The van der Waals surface area contributed by atoms with Crippen LogP contribution in [-0.4, -0.2) is 20.2 Å². The highest BCUT2D eigenvalue weighted by Crippen LogP contribution is 2.22. The van der Waals surface area contributed by atoms with E-state index in [1.807, 2.05) is 0 Å². The van der Waals surface area contributed by atoms with Crippen molar-refractivity contribution >= 4 is 0 Å². The van der Waals surface area contributed by atoms with Crippen LogP contribution in [0.5, 0.6) is 0 Å². The first-order valence-corrected chi connectivity index (χ1v) is 6.22. The topological polar surface area (TPSA) is 66.2 Å². The van der Waals surface area contributed by atoms with E-state index in [0.29, 0.717) is 11.1 Å². The Morgan fingerprint density at radius 1 is 0.850 bits per heavy atom. The van der Waals surface area contributed by atoms with Crippen molar-refractivity contribution in [2.24, 2.45) is 0 Å². The Labute approximate surface area is 118 Å². The molecule has 2 aromatic heterocycles. The van der Waals surface area contributed by atoms with Crippen LogP contribution in [0, 0.1) is 11.8 Å². The Bertz CT molecular complexity index is 570. The number of hydrogen-bond donors (Lipinski definition) is 2. The first kappa shape index (κ1) is 14.2. The number of aliphatic hydroxyl groups is 2. The van der Waals surface area contributed by atoms with Gasteiger partial charge in [-0.05, 0) is 26.0 Å². The van der Waals surface area contributed by atoms with Crippen molar-refractivity contribution in [2.45, 2.75) is 25.0 Å². The highest BCUT2D eigenvalue weighted by atomic mass is 16.3. The molecule has 0 aliphatic rings. The molecule has 0 aliphatic carbocycles. The van der Waals surface area contributed by atoms with Crippen LogP contribution in [0.15, 0.2) is 49.1 Å². The molecule has 0 aliphatic heterocycles. The third-order valence-corrected chi connectivity index (χ3v) is 3.00. The molecule has 0 radical (unpaired) electrons. The fourth-order valence-corrected chi connectivity index (χ4v) is 1.69. The molecule has 2 rings (SSSR count). The van der Waals surface area contributed by atoms with Crippen LogP contribution >= 0.6 is 0 Å². The number of rotatable bonds is 2. The van der Waals surface area contributed by atoms with E-state index in [-0.39, 0.29) is 0 Å². The molecule has 2 N–H and O–H groups in total. The Balaban J connectivity index is 2.30. The quantitative estimate of drug-likeness (QED) is 0.812. The monoisotopic (exact) mass is 268 g/mol. The van der Waals surface area contributed by atoms with E-state index in [1.165, 1.54) is 0 Å². The minimum atomic E-state index is -1.37. The van der Waals surface area contributed by atoms with Crippen LogP contribution in [0.4, 0.5) is 0 Å². The maximum atomic E-state index is 10.4. The highest BCUT2D eigenvalue weighted by molar-refractivity contribution is 5.34. The van der Waals surface area contributed by atoms with Gasteiger partial charge in [-0.2, -0.15) is 0 Å². The summed E-state index contributed by atoms with van der Waals surface area (Å²) in [6.07, 6.45) is 6.35. The van der Waals surface area contributed by atoms with E-state index in [9.17, 15) is 10.2 Å². The van der Waals surface area contributed by atoms with Crippen molar-refractivity contribution in [3.63, 3.8) is 0 Å². The molecule has 0 bridgehead atoms. The molecule has 20 heavy (non-hydrogen) atoms. The molecule has 2 aromatic rings. The third-order valence-electron chi connectivity index (χ3n) is 3.00.